The largest absolute Gasteiger partial charge is 0.493 e. The Balaban J connectivity index is 2.26. The van der Waals surface area contributed by atoms with Gasteiger partial charge in [-0.2, -0.15) is 0 Å². The predicted molar refractivity (Wildman–Crippen MR) is 73.4 cm³/mol. The zero-order valence-electron chi connectivity index (χ0n) is 11.0. The van der Waals surface area contributed by atoms with Crippen LogP contribution in [0.25, 0.3) is 11.0 Å². The van der Waals surface area contributed by atoms with Crippen LogP contribution in [0.5, 0.6) is 5.75 Å². The molecule has 2 rings (SSSR count). The van der Waals surface area contributed by atoms with Gasteiger partial charge >= 0.3 is 0 Å². The minimum absolute atomic E-state index is 0.101. The topological polar surface area (TPSA) is 42.7 Å². The number of methoxy groups -OCH3 is 1. The summed E-state index contributed by atoms with van der Waals surface area (Å²) in [5.41, 5.74) is 0.591. The van der Waals surface area contributed by atoms with Gasteiger partial charge in [0.25, 0.3) is 0 Å². The van der Waals surface area contributed by atoms with Crippen molar-refractivity contribution in [2.45, 2.75) is 0 Å². The van der Waals surface area contributed by atoms with Crippen molar-refractivity contribution >= 4 is 16.8 Å². The molecule has 0 saturated heterocycles. The number of hydrogen-bond acceptors (Lipinski definition) is 4. The summed E-state index contributed by atoms with van der Waals surface area (Å²) in [4.78, 5) is 13.8. The van der Waals surface area contributed by atoms with Gasteiger partial charge in [0.05, 0.1) is 20.2 Å². The number of carbonyl (C=O) groups excluding carboxylic acids is 1. The summed E-state index contributed by atoms with van der Waals surface area (Å²) in [6.45, 7) is 0.654. The lowest BCUT2D eigenvalue weighted by molar-refractivity contribution is 0.0927. The molecular formula is C15H15NO3. The fourth-order valence-corrected chi connectivity index (χ4v) is 1.87. The van der Waals surface area contributed by atoms with Crippen LogP contribution in [0.15, 0.2) is 28.7 Å². The Bertz CT molecular complexity index is 636. The molecule has 4 nitrogen and oxygen atoms in total. The molecular weight excluding hydrogens is 242 g/mol. The Morgan fingerprint density at radius 3 is 3.00 bits per heavy atom. The lowest BCUT2D eigenvalue weighted by Gasteiger charge is -2.10. The molecule has 0 atom stereocenters. The Kier molecular flexibility index (Phi) is 3.88. The zero-order chi connectivity index (χ0) is 13.8. The number of benzene rings is 1. The van der Waals surface area contributed by atoms with Gasteiger partial charge in [-0.25, -0.2) is 0 Å². The zero-order valence-corrected chi connectivity index (χ0v) is 11.0. The van der Waals surface area contributed by atoms with Crippen molar-refractivity contribution in [2.24, 2.45) is 0 Å². The lowest BCUT2D eigenvalue weighted by atomic mass is 10.2. The van der Waals surface area contributed by atoms with E-state index in [2.05, 4.69) is 5.92 Å². The van der Waals surface area contributed by atoms with Gasteiger partial charge in [-0.15, -0.1) is 6.42 Å². The molecule has 0 aliphatic carbocycles. The molecule has 2 aromatic rings. The van der Waals surface area contributed by atoms with Gasteiger partial charge in [-0.3, -0.25) is 9.69 Å². The van der Waals surface area contributed by atoms with Crippen molar-refractivity contribution in [3.05, 3.63) is 30.0 Å². The van der Waals surface area contributed by atoms with Crippen molar-refractivity contribution in [1.29, 1.82) is 0 Å². The van der Waals surface area contributed by atoms with Gasteiger partial charge in [-0.1, -0.05) is 18.1 Å². The van der Waals surface area contributed by atoms with Crippen molar-refractivity contribution < 1.29 is 13.9 Å². The van der Waals surface area contributed by atoms with Crippen molar-refractivity contribution in [3.63, 3.8) is 0 Å². The van der Waals surface area contributed by atoms with Crippen molar-refractivity contribution in [3.8, 4) is 18.1 Å². The average molecular weight is 257 g/mol. The number of hydrogen-bond donors (Lipinski definition) is 0. The van der Waals surface area contributed by atoms with E-state index >= 15 is 0 Å². The number of ketones is 1. The van der Waals surface area contributed by atoms with E-state index in [1.807, 2.05) is 12.1 Å². The Labute approximate surface area is 111 Å². The van der Waals surface area contributed by atoms with E-state index < -0.39 is 0 Å². The van der Waals surface area contributed by atoms with Gasteiger partial charge in [-0.05, 0) is 19.2 Å². The second kappa shape index (κ2) is 5.59. The Hall–Kier alpha value is -2.25. The summed E-state index contributed by atoms with van der Waals surface area (Å²) < 4.78 is 10.8. The molecule has 19 heavy (non-hydrogen) atoms. The third-order valence-corrected chi connectivity index (χ3v) is 2.78. The molecule has 0 aliphatic rings. The van der Waals surface area contributed by atoms with Gasteiger partial charge < -0.3 is 9.15 Å². The molecule has 0 bridgehead atoms. The number of furan rings is 1. The molecule has 0 saturated carbocycles. The molecule has 1 heterocycles. The van der Waals surface area contributed by atoms with Gasteiger partial charge in [0.1, 0.15) is 0 Å². The number of nitrogens with zero attached hydrogens (tertiary/aromatic N) is 1. The van der Waals surface area contributed by atoms with Crippen molar-refractivity contribution in [1.82, 2.24) is 4.90 Å². The molecule has 0 N–H and O–H groups in total. The van der Waals surface area contributed by atoms with E-state index in [-0.39, 0.29) is 12.3 Å². The Morgan fingerprint density at radius 1 is 1.53 bits per heavy atom. The van der Waals surface area contributed by atoms with Crippen LogP contribution in [0.2, 0.25) is 0 Å². The van der Waals surface area contributed by atoms with Crippen LogP contribution in [0.4, 0.5) is 0 Å². The summed E-state index contributed by atoms with van der Waals surface area (Å²) in [5.74, 6) is 3.33. The summed E-state index contributed by atoms with van der Waals surface area (Å²) in [7, 11) is 3.36. The first kappa shape index (κ1) is 13.2. The van der Waals surface area contributed by atoms with Crippen LogP contribution in [-0.4, -0.2) is 37.9 Å². The highest BCUT2D eigenvalue weighted by Gasteiger charge is 2.15. The summed E-state index contributed by atoms with van der Waals surface area (Å²) in [6, 6.07) is 7.26. The van der Waals surface area contributed by atoms with Crippen LogP contribution >= 0.6 is 0 Å². The maximum absolute atomic E-state index is 12.1. The number of terminal acetylenes is 1. The number of ether oxygens (including phenoxy) is 1. The molecule has 0 aliphatic heterocycles. The number of likely N-dealkylation sites (N-methyl/N-ethyl adjacent to an activating group) is 1. The monoisotopic (exact) mass is 257 g/mol. The highest BCUT2D eigenvalue weighted by Crippen LogP contribution is 2.28. The van der Waals surface area contributed by atoms with E-state index in [0.717, 1.165) is 5.39 Å². The summed E-state index contributed by atoms with van der Waals surface area (Å²) >= 11 is 0. The molecule has 0 unspecified atom stereocenters. The maximum Gasteiger partial charge on any atom is 0.211 e. The first-order valence-electron chi connectivity index (χ1n) is 5.87. The minimum Gasteiger partial charge on any atom is -0.493 e. The van der Waals surface area contributed by atoms with Crippen LogP contribution < -0.4 is 4.74 Å². The van der Waals surface area contributed by atoms with Crippen LogP contribution in [0.3, 0.4) is 0 Å². The van der Waals surface area contributed by atoms with Gasteiger partial charge in [0, 0.05) is 5.39 Å². The Morgan fingerprint density at radius 2 is 2.32 bits per heavy atom. The standard InChI is InChI=1S/C15H15NO3/c1-4-8-16(2)10-12(17)14-9-11-6-5-7-13(18-3)15(11)19-14/h1,5-7,9H,8,10H2,2-3H3. The number of Topliss-reactive ketones (excluding diaryl/α,β-unsaturated/α-hetero) is 1. The third kappa shape index (κ3) is 2.78. The fourth-order valence-electron chi connectivity index (χ4n) is 1.87. The quantitative estimate of drug-likeness (QED) is 0.608. The summed E-state index contributed by atoms with van der Waals surface area (Å²) in [5, 5.41) is 0.849. The normalized spacial score (nSPS) is 10.6. The fraction of sp³-hybridized carbons (Fsp3) is 0.267. The van der Waals surface area contributed by atoms with Gasteiger partial charge in [0.15, 0.2) is 17.1 Å². The molecule has 0 amide bonds. The van der Waals surface area contributed by atoms with Crippen LogP contribution in [0.1, 0.15) is 10.6 Å². The van der Waals surface area contributed by atoms with Crippen molar-refractivity contribution in [2.75, 3.05) is 27.2 Å². The highest BCUT2D eigenvalue weighted by molar-refractivity contribution is 5.99. The van der Waals surface area contributed by atoms with Crippen LogP contribution in [0, 0.1) is 12.3 Å². The second-order valence-electron chi connectivity index (χ2n) is 4.29. The maximum atomic E-state index is 12.1. The molecule has 0 radical (unpaired) electrons. The van der Waals surface area contributed by atoms with E-state index in [0.29, 0.717) is 23.6 Å². The molecule has 0 spiro atoms. The average Bonchev–Trinajstić information content (AvgIpc) is 2.82. The van der Waals surface area contributed by atoms with E-state index in [1.165, 1.54) is 0 Å². The second-order valence-corrected chi connectivity index (χ2v) is 4.29. The van der Waals surface area contributed by atoms with Gasteiger partial charge in [0.2, 0.25) is 5.78 Å². The number of carbonyl (C=O) groups is 1. The first-order chi connectivity index (χ1) is 9.15. The number of rotatable bonds is 5. The highest BCUT2D eigenvalue weighted by atomic mass is 16.5. The molecule has 98 valence electrons. The first-order valence-corrected chi connectivity index (χ1v) is 5.87. The SMILES string of the molecule is C#CCN(C)CC(=O)c1cc2cccc(OC)c2o1. The third-order valence-electron chi connectivity index (χ3n) is 2.78. The number of fused-ring (bicyclic) bond motifs is 1. The molecule has 1 aromatic heterocycles. The molecule has 0 fully saturated rings. The number of para-hydroxylation sites is 1. The van der Waals surface area contributed by atoms with E-state index in [1.54, 1.807) is 31.2 Å². The smallest absolute Gasteiger partial charge is 0.211 e. The van der Waals surface area contributed by atoms with E-state index in [4.69, 9.17) is 15.6 Å². The minimum atomic E-state index is -0.101. The molecule has 1 aromatic carbocycles. The van der Waals surface area contributed by atoms with E-state index in [9.17, 15) is 4.79 Å². The van der Waals surface area contributed by atoms with Crippen LogP contribution in [-0.2, 0) is 0 Å². The summed E-state index contributed by atoms with van der Waals surface area (Å²) in [6.07, 6.45) is 5.20. The molecule has 4 heteroatoms. The lowest BCUT2D eigenvalue weighted by Crippen LogP contribution is -2.26. The predicted octanol–water partition coefficient (Wildman–Crippen LogP) is 2.19.